The Labute approximate surface area is 136 Å². The molecule has 3 nitrogen and oxygen atoms in total. The molecule has 2 atom stereocenters. The van der Waals surface area contributed by atoms with Crippen LogP contribution in [0, 0.1) is 0 Å². The number of fused-ring (bicyclic) bond motifs is 1. The minimum atomic E-state index is -0.130. The number of nitrogens with zero attached hydrogens (tertiary/aromatic N) is 1. The standard InChI is InChI=1S/C18H22N2OS/c1-13-12-20(17-8-4-3-7-16(13)17)14(2)18(21)19-10-9-15-6-5-11-22-15/h3-8,11,13-14H,9-10,12H2,1-2H3,(H,19,21). The molecule has 0 aliphatic carbocycles. The number of anilines is 1. The fraction of sp³-hybridized carbons (Fsp3) is 0.389. The molecule has 0 bridgehead atoms. The lowest BCUT2D eigenvalue weighted by Crippen LogP contribution is -2.45. The van der Waals surface area contributed by atoms with Gasteiger partial charge in [0.15, 0.2) is 0 Å². The molecule has 22 heavy (non-hydrogen) atoms. The highest BCUT2D eigenvalue weighted by atomic mass is 32.1. The molecule has 2 unspecified atom stereocenters. The monoisotopic (exact) mass is 314 g/mol. The second-order valence-electron chi connectivity index (χ2n) is 5.91. The summed E-state index contributed by atoms with van der Waals surface area (Å²) in [6.45, 7) is 5.84. The number of carbonyl (C=O) groups is 1. The van der Waals surface area contributed by atoms with E-state index in [1.807, 2.05) is 19.1 Å². The van der Waals surface area contributed by atoms with E-state index in [1.54, 1.807) is 11.3 Å². The maximum Gasteiger partial charge on any atom is 0.242 e. The van der Waals surface area contributed by atoms with Crippen LogP contribution in [-0.4, -0.2) is 25.0 Å². The average Bonchev–Trinajstić information content (AvgIpc) is 3.15. The fourth-order valence-electron chi connectivity index (χ4n) is 3.08. The zero-order valence-corrected chi connectivity index (χ0v) is 13.9. The van der Waals surface area contributed by atoms with Crippen molar-refractivity contribution < 1.29 is 4.79 Å². The zero-order valence-electron chi connectivity index (χ0n) is 13.1. The summed E-state index contributed by atoms with van der Waals surface area (Å²) in [5.41, 5.74) is 2.55. The largest absolute Gasteiger partial charge is 0.359 e. The van der Waals surface area contributed by atoms with Crippen LogP contribution in [0.25, 0.3) is 0 Å². The van der Waals surface area contributed by atoms with Gasteiger partial charge in [-0.2, -0.15) is 0 Å². The summed E-state index contributed by atoms with van der Waals surface area (Å²) in [6, 6.07) is 12.4. The van der Waals surface area contributed by atoms with Crippen molar-refractivity contribution in [2.45, 2.75) is 32.2 Å². The lowest BCUT2D eigenvalue weighted by atomic mass is 10.0. The number of nitrogens with one attached hydrogen (secondary N) is 1. The first-order chi connectivity index (χ1) is 10.7. The Kier molecular flexibility index (Phi) is 4.48. The fourth-order valence-corrected chi connectivity index (χ4v) is 3.79. The van der Waals surface area contributed by atoms with Crippen LogP contribution in [0.4, 0.5) is 5.69 Å². The summed E-state index contributed by atoms with van der Waals surface area (Å²) in [6.07, 6.45) is 0.906. The Hall–Kier alpha value is -1.81. The normalized spacial score (nSPS) is 18.1. The molecule has 4 heteroatoms. The van der Waals surface area contributed by atoms with E-state index < -0.39 is 0 Å². The van der Waals surface area contributed by atoms with Crippen molar-refractivity contribution in [1.82, 2.24) is 5.32 Å². The molecule has 1 aliphatic heterocycles. The summed E-state index contributed by atoms with van der Waals surface area (Å²) < 4.78 is 0. The van der Waals surface area contributed by atoms with Crippen LogP contribution in [0.5, 0.6) is 0 Å². The Morgan fingerprint density at radius 3 is 2.95 bits per heavy atom. The number of hydrogen-bond acceptors (Lipinski definition) is 3. The van der Waals surface area contributed by atoms with Crippen molar-refractivity contribution in [3.05, 3.63) is 52.2 Å². The molecule has 0 saturated heterocycles. The SMILES string of the molecule is CC1CN(C(C)C(=O)NCCc2cccs2)c2ccccc21. The van der Waals surface area contributed by atoms with Gasteiger partial charge < -0.3 is 10.2 Å². The van der Waals surface area contributed by atoms with Gasteiger partial charge in [0.1, 0.15) is 6.04 Å². The van der Waals surface area contributed by atoms with Gasteiger partial charge in [0.2, 0.25) is 5.91 Å². The topological polar surface area (TPSA) is 32.3 Å². The Morgan fingerprint density at radius 1 is 1.36 bits per heavy atom. The van der Waals surface area contributed by atoms with E-state index >= 15 is 0 Å². The number of hydrogen-bond donors (Lipinski definition) is 1. The molecule has 2 heterocycles. The van der Waals surface area contributed by atoms with Gasteiger partial charge in [-0.1, -0.05) is 31.2 Å². The molecule has 1 aliphatic rings. The highest BCUT2D eigenvalue weighted by molar-refractivity contribution is 7.09. The molecule has 0 fully saturated rings. The molecule has 1 N–H and O–H groups in total. The zero-order chi connectivity index (χ0) is 15.5. The molecule has 0 saturated carbocycles. The van der Waals surface area contributed by atoms with Gasteiger partial charge in [-0.05, 0) is 36.4 Å². The van der Waals surface area contributed by atoms with Crippen molar-refractivity contribution in [3.63, 3.8) is 0 Å². The van der Waals surface area contributed by atoms with Gasteiger partial charge in [0.05, 0.1) is 0 Å². The van der Waals surface area contributed by atoms with E-state index in [9.17, 15) is 4.79 Å². The molecular formula is C18H22N2OS. The third-order valence-corrected chi connectivity index (χ3v) is 5.28. The van der Waals surface area contributed by atoms with Gasteiger partial charge in [-0.3, -0.25) is 4.79 Å². The van der Waals surface area contributed by atoms with E-state index in [1.165, 1.54) is 16.1 Å². The van der Waals surface area contributed by atoms with Crippen molar-refractivity contribution in [1.29, 1.82) is 0 Å². The highest BCUT2D eigenvalue weighted by Crippen LogP contribution is 2.36. The van der Waals surface area contributed by atoms with E-state index in [2.05, 4.69) is 46.8 Å². The van der Waals surface area contributed by atoms with Gasteiger partial charge in [0, 0.05) is 29.6 Å². The quantitative estimate of drug-likeness (QED) is 0.917. The van der Waals surface area contributed by atoms with E-state index in [0.29, 0.717) is 12.5 Å². The van der Waals surface area contributed by atoms with Gasteiger partial charge in [-0.25, -0.2) is 0 Å². The lowest BCUT2D eigenvalue weighted by molar-refractivity contribution is -0.122. The third-order valence-electron chi connectivity index (χ3n) is 4.35. The number of carbonyl (C=O) groups excluding carboxylic acids is 1. The number of para-hydroxylation sites is 1. The number of thiophene rings is 1. The van der Waals surface area contributed by atoms with E-state index in [-0.39, 0.29) is 11.9 Å². The molecule has 1 amide bonds. The van der Waals surface area contributed by atoms with Crippen LogP contribution in [0.3, 0.4) is 0 Å². The predicted octanol–water partition coefficient (Wildman–Crippen LogP) is 3.42. The second-order valence-corrected chi connectivity index (χ2v) is 6.94. The minimum Gasteiger partial charge on any atom is -0.359 e. The minimum absolute atomic E-state index is 0.112. The van der Waals surface area contributed by atoms with Crippen molar-refractivity contribution >= 4 is 22.9 Å². The molecular weight excluding hydrogens is 292 g/mol. The Balaban J connectivity index is 1.59. The van der Waals surface area contributed by atoms with E-state index in [4.69, 9.17) is 0 Å². The van der Waals surface area contributed by atoms with E-state index in [0.717, 1.165) is 13.0 Å². The number of rotatable bonds is 5. The first kappa shape index (κ1) is 15.1. The summed E-state index contributed by atoms with van der Waals surface area (Å²) in [5.74, 6) is 0.595. The van der Waals surface area contributed by atoms with Crippen LogP contribution in [0.2, 0.25) is 0 Å². The number of amides is 1. The molecule has 116 valence electrons. The number of benzene rings is 1. The molecule has 1 aromatic heterocycles. The highest BCUT2D eigenvalue weighted by Gasteiger charge is 2.31. The first-order valence-corrected chi connectivity index (χ1v) is 8.70. The van der Waals surface area contributed by atoms with Crippen molar-refractivity contribution in [2.75, 3.05) is 18.0 Å². The Bertz CT molecular complexity index is 638. The van der Waals surface area contributed by atoms with Crippen molar-refractivity contribution in [2.24, 2.45) is 0 Å². The second kappa shape index (κ2) is 6.53. The Morgan fingerprint density at radius 2 is 2.18 bits per heavy atom. The summed E-state index contributed by atoms with van der Waals surface area (Å²) in [4.78, 5) is 16.0. The van der Waals surface area contributed by atoms with Crippen molar-refractivity contribution in [3.8, 4) is 0 Å². The average molecular weight is 314 g/mol. The van der Waals surface area contributed by atoms with Crippen LogP contribution >= 0.6 is 11.3 Å². The maximum atomic E-state index is 12.4. The molecule has 1 aromatic carbocycles. The predicted molar refractivity (Wildman–Crippen MR) is 92.7 cm³/mol. The summed E-state index contributed by atoms with van der Waals surface area (Å²) >= 11 is 1.74. The first-order valence-electron chi connectivity index (χ1n) is 7.82. The smallest absolute Gasteiger partial charge is 0.242 e. The van der Waals surface area contributed by atoms with Gasteiger partial charge in [0.25, 0.3) is 0 Å². The third kappa shape index (κ3) is 3.02. The summed E-state index contributed by atoms with van der Waals surface area (Å²) in [5, 5.41) is 5.14. The molecule has 2 aromatic rings. The van der Waals surface area contributed by atoms with Crippen LogP contribution in [-0.2, 0) is 11.2 Å². The molecule has 3 rings (SSSR count). The maximum absolute atomic E-state index is 12.4. The van der Waals surface area contributed by atoms with Crippen LogP contribution in [0.1, 0.15) is 30.2 Å². The van der Waals surface area contributed by atoms with Gasteiger partial charge >= 0.3 is 0 Å². The van der Waals surface area contributed by atoms with Gasteiger partial charge in [-0.15, -0.1) is 11.3 Å². The van der Waals surface area contributed by atoms with Crippen LogP contribution < -0.4 is 10.2 Å². The molecule has 0 radical (unpaired) electrons. The van der Waals surface area contributed by atoms with Crippen LogP contribution in [0.15, 0.2) is 41.8 Å². The summed E-state index contributed by atoms with van der Waals surface area (Å²) in [7, 11) is 0. The lowest BCUT2D eigenvalue weighted by Gasteiger charge is -2.26. The molecule has 0 spiro atoms.